The molecule has 0 saturated carbocycles. The van der Waals surface area contributed by atoms with Crippen LogP contribution in [0.3, 0.4) is 0 Å². The first kappa shape index (κ1) is 19.8. The Morgan fingerprint density at radius 3 is 2.17 bits per heavy atom. The second kappa shape index (κ2) is 9.32. The topological polar surface area (TPSA) is 81.7 Å². The average Bonchev–Trinajstić information content (AvgIpc) is 2.73. The lowest BCUT2D eigenvalue weighted by atomic mass is 10.0. The van der Waals surface area contributed by atoms with Crippen molar-refractivity contribution in [3.05, 3.63) is 90.0 Å². The van der Waals surface area contributed by atoms with E-state index in [2.05, 4.69) is 5.32 Å². The molecule has 1 N–H and O–H groups in total. The molecule has 0 bridgehead atoms. The molecule has 0 aliphatic carbocycles. The quantitative estimate of drug-likeness (QED) is 0.377. The zero-order chi connectivity index (χ0) is 20.6. The minimum atomic E-state index is -0.586. The standard InChI is InChI=1S/C23H19NO5/c1-16(25)24-19-8-5-9-21(14-19)28-15-22(26)29-20-12-10-18(11-13-20)23(27)17-6-3-2-4-7-17/h2-14H,15H2,1H3,(H,24,25). The van der Waals surface area contributed by atoms with Gasteiger partial charge in [0.05, 0.1) is 0 Å². The molecule has 0 fully saturated rings. The van der Waals surface area contributed by atoms with E-state index >= 15 is 0 Å². The number of amides is 1. The molecule has 0 radical (unpaired) electrons. The Morgan fingerprint density at radius 1 is 0.793 bits per heavy atom. The third-order valence-corrected chi connectivity index (χ3v) is 3.90. The number of ketones is 1. The molecular weight excluding hydrogens is 370 g/mol. The molecule has 3 aromatic carbocycles. The zero-order valence-corrected chi connectivity index (χ0v) is 15.8. The number of carbonyl (C=O) groups excluding carboxylic acids is 3. The molecule has 0 aliphatic heterocycles. The summed E-state index contributed by atoms with van der Waals surface area (Å²) in [5.41, 5.74) is 1.66. The van der Waals surface area contributed by atoms with Crippen molar-refractivity contribution in [2.45, 2.75) is 6.92 Å². The highest BCUT2D eigenvalue weighted by Crippen LogP contribution is 2.18. The first-order valence-electron chi connectivity index (χ1n) is 8.92. The van der Waals surface area contributed by atoms with Gasteiger partial charge in [0, 0.05) is 29.8 Å². The van der Waals surface area contributed by atoms with Gasteiger partial charge in [-0.05, 0) is 36.4 Å². The highest BCUT2D eigenvalue weighted by atomic mass is 16.6. The molecule has 6 nitrogen and oxygen atoms in total. The number of esters is 1. The van der Waals surface area contributed by atoms with Crippen LogP contribution in [0.15, 0.2) is 78.9 Å². The fraction of sp³-hybridized carbons (Fsp3) is 0.0870. The van der Waals surface area contributed by atoms with Gasteiger partial charge in [0.1, 0.15) is 11.5 Å². The molecule has 0 spiro atoms. The van der Waals surface area contributed by atoms with Crippen LogP contribution in [-0.4, -0.2) is 24.3 Å². The van der Waals surface area contributed by atoms with E-state index in [4.69, 9.17) is 9.47 Å². The maximum atomic E-state index is 12.4. The minimum Gasteiger partial charge on any atom is -0.482 e. The number of benzene rings is 3. The van der Waals surface area contributed by atoms with Crippen molar-refractivity contribution in [3.63, 3.8) is 0 Å². The molecule has 0 unspecified atom stereocenters. The molecule has 6 heteroatoms. The summed E-state index contributed by atoms with van der Waals surface area (Å²) in [6, 6.07) is 22.0. The third kappa shape index (κ3) is 5.77. The summed E-state index contributed by atoms with van der Waals surface area (Å²) in [4.78, 5) is 35.5. The number of ether oxygens (including phenoxy) is 2. The Bertz CT molecular complexity index is 1010. The number of rotatable bonds is 7. The van der Waals surface area contributed by atoms with Crippen LogP contribution in [0.4, 0.5) is 5.69 Å². The summed E-state index contributed by atoms with van der Waals surface area (Å²) in [6.45, 7) is 1.11. The first-order chi connectivity index (χ1) is 14.0. The summed E-state index contributed by atoms with van der Waals surface area (Å²) in [5, 5.41) is 2.64. The second-order valence-corrected chi connectivity index (χ2v) is 6.19. The Balaban J connectivity index is 1.54. The van der Waals surface area contributed by atoms with Crippen molar-refractivity contribution in [1.82, 2.24) is 0 Å². The summed E-state index contributed by atoms with van der Waals surface area (Å²) in [7, 11) is 0. The van der Waals surface area contributed by atoms with Gasteiger partial charge in [-0.25, -0.2) is 4.79 Å². The number of anilines is 1. The molecule has 0 aromatic heterocycles. The number of carbonyl (C=O) groups is 3. The molecule has 3 rings (SSSR count). The normalized spacial score (nSPS) is 10.1. The van der Waals surface area contributed by atoms with Crippen molar-refractivity contribution < 1.29 is 23.9 Å². The molecular formula is C23H19NO5. The van der Waals surface area contributed by atoms with Gasteiger partial charge in [0.15, 0.2) is 12.4 Å². The first-order valence-corrected chi connectivity index (χ1v) is 8.92. The SMILES string of the molecule is CC(=O)Nc1cccc(OCC(=O)Oc2ccc(C(=O)c3ccccc3)cc2)c1. The molecule has 3 aromatic rings. The Labute approximate surface area is 168 Å². The monoisotopic (exact) mass is 389 g/mol. The van der Waals surface area contributed by atoms with E-state index < -0.39 is 5.97 Å². The summed E-state index contributed by atoms with van der Waals surface area (Å²) >= 11 is 0. The maximum absolute atomic E-state index is 12.4. The fourth-order valence-electron chi connectivity index (χ4n) is 2.60. The Kier molecular flexibility index (Phi) is 6.37. The predicted molar refractivity (Wildman–Crippen MR) is 108 cm³/mol. The molecule has 29 heavy (non-hydrogen) atoms. The van der Waals surface area contributed by atoms with Gasteiger partial charge >= 0.3 is 5.97 Å². The third-order valence-electron chi connectivity index (χ3n) is 3.90. The molecule has 0 heterocycles. The van der Waals surface area contributed by atoms with Gasteiger partial charge in [0.25, 0.3) is 0 Å². The van der Waals surface area contributed by atoms with Crippen molar-refractivity contribution in [2.24, 2.45) is 0 Å². The lowest BCUT2D eigenvalue weighted by molar-refractivity contribution is -0.136. The molecule has 0 atom stereocenters. The van der Waals surface area contributed by atoms with Crippen LogP contribution in [0.25, 0.3) is 0 Å². The smallest absolute Gasteiger partial charge is 0.349 e. The van der Waals surface area contributed by atoms with Gasteiger partial charge < -0.3 is 14.8 Å². The van der Waals surface area contributed by atoms with Crippen LogP contribution >= 0.6 is 0 Å². The van der Waals surface area contributed by atoms with Gasteiger partial charge in [-0.2, -0.15) is 0 Å². The predicted octanol–water partition coefficient (Wildman–Crippen LogP) is 3.86. The van der Waals surface area contributed by atoms with Crippen molar-refractivity contribution >= 4 is 23.3 Å². The van der Waals surface area contributed by atoms with Gasteiger partial charge in [-0.1, -0.05) is 36.4 Å². The lowest BCUT2D eigenvalue weighted by Gasteiger charge is -2.09. The van der Waals surface area contributed by atoms with E-state index in [-0.39, 0.29) is 18.3 Å². The molecule has 146 valence electrons. The van der Waals surface area contributed by atoms with Crippen molar-refractivity contribution in [1.29, 1.82) is 0 Å². The van der Waals surface area contributed by atoms with Crippen LogP contribution in [0.2, 0.25) is 0 Å². The molecule has 0 saturated heterocycles. The van der Waals surface area contributed by atoms with Gasteiger partial charge in [-0.3, -0.25) is 9.59 Å². The van der Waals surface area contributed by atoms with Gasteiger partial charge in [-0.15, -0.1) is 0 Å². The van der Waals surface area contributed by atoms with Crippen LogP contribution in [0, 0.1) is 0 Å². The highest BCUT2D eigenvalue weighted by molar-refractivity contribution is 6.09. The molecule has 0 aliphatic rings. The van der Waals surface area contributed by atoms with E-state index in [0.29, 0.717) is 28.3 Å². The van der Waals surface area contributed by atoms with E-state index in [1.165, 1.54) is 6.92 Å². The minimum absolute atomic E-state index is 0.106. The van der Waals surface area contributed by atoms with E-state index in [0.717, 1.165) is 0 Å². The van der Waals surface area contributed by atoms with Crippen molar-refractivity contribution in [2.75, 3.05) is 11.9 Å². The number of nitrogens with one attached hydrogen (secondary N) is 1. The van der Waals surface area contributed by atoms with Crippen LogP contribution in [0.5, 0.6) is 11.5 Å². The zero-order valence-electron chi connectivity index (χ0n) is 15.8. The average molecular weight is 389 g/mol. The molecule has 1 amide bonds. The Morgan fingerprint density at radius 2 is 1.48 bits per heavy atom. The van der Waals surface area contributed by atoms with E-state index in [9.17, 15) is 14.4 Å². The summed E-state index contributed by atoms with van der Waals surface area (Å²) in [6.07, 6.45) is 0. The second-order valence-electron chi connectivity index (χ2n) is 6.19. The van der Waals surface area contributed by atoms with E-state index in [1.54, 1.807) is 72.8 Å². The summed E-state index contributed by atoms with van der Waals surface area (Å²) in [5.74, 6) is -0.147. The maximum Gasteiger partial charge on any atom is 0.349 e. The largest absolute Gasteiger partial charge is 0.482 e. The van der Waals surface area contributed by atoms with Crippen LogP contribution < -0.4 is 14.8 Å². The van der Waals surface area contributed by atoms with Gasteiger partial charge in [0.2, 0.25) is 5.91 Å². The fourth-order valence-corrected chi connectivity index (χ4v) is 2.60. The summed E-state index contributed by atoms with van der Waals surface area (Å²) < 4.78 is 10.6. The number of hydrogen-bond donors (Lipinski definition) is 1. The lowest BCUT2D eigenvalue weighted by Crippen LogP contribution is -2.17. The Hall–Kier alpha value is -3.93. The van der Waals surface area contributed by atoms with Crippen molar-refractivity contribution in [3.8, 4) is 11.5 Å². The van der Waals surface area contributed by atoms with Crippen LogP contribution in [-0.2, 0) is 9.59 Å². The van der Waals surface area contributed by atoms with E-state index in [1.807, 2.05) is 6.07 Å². The number of hydrogen-bond acceptors (Lipinski definition) is 5. The van der Waals surface area contributed by atoms with Crippen LogP contribution in [0.1, 0.15) is 22.8 Å². The highest BCUT2D eigenvalue weighted by Gasteiger charge is 2.10.